The van der Waals surface area contributed by atoms with Gasteiger partial charge in [-0.15, -0.1) is 0 Å². The van der Waals surface area contributed by atoms with Crippen LogP contribution in [-0.4, -0.2) is 24.9 Å². The van der Waals surface area contributed by atoms with Crippen LogP contribution in [0.3, 0.4) is 0 Å². The van der Waals surface area contributed by atoms with Crippen LogP contribution in [0.5, 0.6) is 0 Å². The van der Waals surface area contributed by atoms with Crippen molar-refractivity contribution in [3.63, 3.8) is 0 Å². The van der Waals surface area contributed by atoms with E-state index in [4.69, 9.17) is 9.84 Å². The molecular weight excluding hydrogens is 140 g/mol. The van der Waals surface area contributed by atoms with E-state index < -0.39 is 0 Å². The Labute approximate surface area is 68.6 Å². The monoisotopic (exact) mass is 158 g/mol. The third kappa shape index (κ3) is 1.94. The molecule has 0 spiro atoms. The fourth-order valence-electron chi connectivity index (χ4n) is 1.60. The fourth-order valence-corrected chi connectivity index (χ4v) is 1.60. The number of rotatable bonds is 4. The molecule has 1 N–H and O–H groups in total. The molecular formula is C9H18O2. The predicted octanol–water partition coefficient (Wildman–Crippen LogP) is 1.29. The lowest BCUT2D eigenvalue weighted by Crippen LogP contribution is -2.39. The molecule has 66 valence electrons. The lowest BCUT2D eigenvalue weighted by molar-refractivity contribution is -0.0834. The Morgan fingerprint density at radius 1 is 1.55 bits per heavy atom. The van der Waals surface area contributed by atoms with Crippen LogP contribution in [0.2, 0.25) is 0 Å². The topological polar surface area (TPSA) is 29.5 Å². The highest BCUT2D eigenvalue weighted by Gasteiger charge is 2.30. The van der Waals surface area contributed by atoms with Crippen molar-refractivity contribution in [3.05, 3.63) is 0 Å². The summed E-state index contributed by atoms with van der Waals surface area (Å²) in [6.07, 6.45) is 1.15. The quantitative estimate of drug-likeness (QED) is 0.668. The molecule has 1 aliphatic heterocycles. The van der Waals surface area contributed by atoms with Crippen LogP contribution in [0, 0.1) is 17.8 Å². The zero-order valence-corrected chi connectivity index (χ0v) is 7.42. The van der Waals surface area contributed by atoms with Crippen LogP contribution in [0.25, 0.3) is 0 Å². The maximum atomic E-state index is 9.11. The van der Waals surface area contributed by atoms with Crippen molar-refractivity contribution >= 4 is 0 Å². The average molecular weight is 158 g/mol. The van der Waals surface area contributed by atoms with Crippen molar-refractivity contribution < 1.29 is 9.84 Å². The van der Waals surface area contributed by atoms with E-state index in [0.29, 0.717) is 24.4 Å². The van der Waals surface area contributed by atoms with Crippen molar-refractivity contribution in [1.29, 1.82) is 0 Å². The van der Waals surface area contributed by atoms with Crippen LogP contribution in [-0.2, 0) is 4.74 Å². The maximum Gasteiger partial charge on any atom is 0.0520 e. The summed E-state index contributed by atoms with van der Waals surface area (Å²) in [6, 6.07) is 0. The summed E-state index contributed by atoms with van der Waals surface area (Å²) in [4.78, 5) is 0. The van der Waals surface area contributed by atoms with Crippen LogP contribution >= 0.6 is 0 Å². The largest absolute Gasteiger partial charge is 0.396 e. The van der Waals surface area contributed by atoms with Gasteiger partial charge in [0.05, 0.1) is 13.2 Å². The highest BCUT2D eigenvalue weighted by Crippen LogP contribution is 2.28. The van der Waals surface area contributed by atoms with E-state index in [-0.39, 0.29) is 0 Å². The Morgan fingerprint density at radius 2 is 2.18 bits per heavy atom. The molecule has 2 atom stereocenters. The number of ether oxygens (including phenoxy) is 1. The minimum absolute atomic E-state index is 0.322. The third-order valence-corrected chi connectivity index (χ3v) is 2.86. The van der Waals surface area contributed by atoms with E-state index in [1.165, 1.54) is 0 Å². The number of aliphatic hydroxyl groups is 1. The van der Waals surface area contributed by atoms with Gasteiger partial charge in [0.25, 0.3) is 0 Å². The highest BCUT2D eigenvalue weighted by molar-refractivity contribution is 4.77. The summed E-state index contributed by atoms with van der Waals surface area (Å²) in [5.41, 5.74) is 0. The number of aliphatic hydroxyl groups excluding tert-OH is 1. The first-order valence-electron chi connectivity index (χ1n) is 4.48. The van der Waals surface area contributed by atoms with Crippen molar-refractivity contribution in [2.24, 2.45) is 17.8 Å². The zero-order chi connectivity index (χ0) is 8.27. The summed E-state index contributed by atoms with van der Waals surface area (Å²) >= 11 is 0. The van der Waals surface area contributed by atoms with Gasteiger partial charge in [0.15, 0.2) is 0 Å². The molecule has 11 heavy (non-hydrogen) atoms. The summed E-state index contributed by atoms with van der Waals surface area (Å²) in [7, 11) is 0. The molecule has 0 bridgehead atoms. The van der Waals surface area contributed by atoms with Gasteiger partial charge < -0.3 is 9.84 Å². The molecule has 0 saturated carbocycles. The Hall–Kier alpha value is -0.0800. The van der Waals surface area contributed by atoms with E-state index in [1.54, 1.807) is 0 Å². The Bertz CT molecular complexity index is 105. The Balaban J connectivity index is 2.34. The van der Waals surface area contributed by atoms with Gasteiger partial charge in [0, 0.05) is 12.5 Å². The average Bonchev–Trinajstić information content (AvgIpc) is 1.94. The standard InChI is InChI=1S/C9H18O2/c1-3-7(2)9(4-10)8-5-11-6-8/h7-10H,3-6H2,1-2H3. The predicted molar refractivity (Wildman–Crippen MR) is 44.3 cm³/mol. The molecule has 1 heterocycles. The van der Waals surface area contributed by atoms with E-state index in [9.17, 15) is 0 Å². The van der Waals surface area contributed by atoms with Gasteiger partial charge in [-0.2, -0.15) is 0 Å². The first-order valence-corrected chi connectivity index (χ1v) is 4.48. The smallest absolute Gasteiger partial charge is 0.0520 e. The fraction of sp³-hybridized carbons (Fsp3) is 1.00. The van der Waals surface area contributed by atoms with Crippen LogP contribution in [0.4, 0.5) is 0 Å². The second kappa shape index (κ2) is 4.07. The number of hydrogen-bond donors (Lipinski definition) is 1. The maximum absolute atomic E-state index is 9.11. The molecule has 1 fully saturated rings. The van der Waals surface area contributed by atoms with Crippen LogP contribution in [0.1, 0.15) is 20.3 Å². The van der Waals surface area contributed by atoms with Crippen molar-refractivity contribution in [1.82, 2.24) is 0 Å². The van der Waals surface area contributed by atoms with Crippen molar-refractivity contribution in [2.75, 3.05) is 19.8 Å². The molecule has 0 aromatic rings. The Morgan fingerprint density at radius 3 is 2.45 bits per heavy atom. The van der Waals surface area contributed by atoms with Gasteiger partial charge in [-0.3, -0.25) is 0 Å². The molecule has 0 aromatic carbocycles. The molecule has 2 heteroatoms. The van der Waals surface area contributed by atoms with E-state index in [2.05, 4.69) is 13.8 Å². The summed E-state index contributed by atoms with van der Waals surface area (Å²) < 4.78 is 5.10. The van der Waals surface area contributed by atoms with Crippen molar-refractivity contribution in [3.8, 4) is 0 Å². The number of hydrogen-bond acceptors (Lipinski definition) is 2. The van der Waals surface area contributed by atoms with E-state index in [0.717, 1.165) is 19.6 Å². The minimum atomic E-state index is 0.322. The summed E-state index contributed by atoms with van der Waals surface area (Å²) in [5, 5.41) is 9.11. The van der Waals surface area contributed by atoms with E-state index in [1.807, 2.05) is 0 Å². The van der Waals surface area contributed by atoms with Gasteiger partial charge in [0.1, 0.15) is 0 Å². The molecule has 2 nitrogen and oxygen atoms in total. The molecule has 2 unspecified atom stereocenters. The SMILES string of the molecule is CCC(C)C(CO)C1COC1. The van der Waals surface area contributed by atoms with Crippen LogP contribution < -0.4 is 0 Å². The van der Waals surface area contributed by atoms with Gasteiger partial charge in [-0.25, -0.2) is 0 Å². The molecule has 0 aliphatic carbocycles. The van der Waals surface area contributed by atoms with Crippen LogP contribution in [0.15, 0.2) is 0 Å². The van der Waals surface area contributed by atoms with Gasteiger partial charge in [-0.05, 0) is 11.8 Å². The molecule has 1 aliphatic rings. The molecule has 0 amide bonds. The second-order valence-corrected chi connectivity index (χ2v) is 3.53. The zero-order valence-electron chi connectivity index (χ0n) is 7.42. The molecule has 1 saturated heterocycles. The highest BCUT2D eigenvalue weighted by atomic mass is 16.5. The van der Waals surface area contributed by atoms with Gasteiger partial charge >= 0.3 is 0 Å². The van der Waals surface area contributed by atoms with Gasteiger partial charge in [-0.1, -0.05) is 20.3 Å². The lowest BCUT2D eigenvalue weighted by atomic mass is 9.81. The molecule has 1 rings (SSSR count). The molecule has 0 radical (unpaired) electrons. The van der Waals surface area contributed by atoms with Gasteiger partial charge in [0.2, 0.25) is 0 Å². The Kier molecular flexibility index (Phi) is 3.34. The van der Waals surface area contributed by atoms with Crippen molar-refractivity contribution in [2.45, 2.75) is 20.3 Å². The van der Waals surface area contributed by atoms with E-state index >= 15 is 0 Å². The first-order chi connectivity index (χ1) is 5.29. The normalized spacial score (nSPS) is 24.3. The summed E-state index contributed by atoms with van der Waals surface area (Å²) in [6.45, 7) is 6.42. The lowest BCUT2D eigenvalue weighted by Gasteiger charge is -2.35. The first kappa shape index (κ1) is 9.01. The minimum Gasteiger partial charge on any atom is -0.396 e. The second-order valence-electron chi connectivity index (χ2n) is 3.53. The summed E-state index contributed by atoms with van der Waals surface area (Å²) in [5.74, 6) is 1.72. The molecule has 0 aromatic heterocycles. The third-order valence-electron chi connectivity index (χ3n) is 2.86.